The summed E-state index contributed by atoms with van der Waals surface area (Å²) in [4.78, 5) is 0. The molecule has 1 fully saturated rings. The number of aliphatic hydroxyl groups excluding tert-OH is 1. The van der Waals surface area contributed by atoms with Crippen LogP contribution in [0.3, 0.4) is 0 Å². The highest BCUT2D eigenvalue weighted by Crippen LogP contribution is 2.47. The van der Waals surface area contributed by atoms with Gasteiger partial charge in [0.2, 0.25) is 0 Å². The minimum absolute atomic E-state index is 0.213. The summed E-state index contributed by atoms with van der Waals surface area (Å²) in [5.74, 6) is 0.262. The van der Waals surface area contributed by atoms with Crippen LogP contribution in [0.2, 0.25) is 0 Å². The molecule has 1 N–H and O–H groups in total. The van der Waals surface area contributed by atoms with Crippen molar-refractivity contribution in [3.8, 4) is 5.75 Å². The molecule has 1 aromatic carbocycles. The van der Waals surface area contributed by atoms with Gasteiger partial charge in [-0.25, -0.2) is 4.39 Å². The molecule has 2 aliphatic heterocycles. The summed E-state index contributed by atoms with van der Waals surface area (Å²) in [6.45, 7) is 4.82. The fraction of sp³-hybridized carbons (Fsp3) is 0.625. The largest absolute Gasteiger partial charge is 0.487 e. The van der Waals surface area contributed by atoms with Crippen molar-refractivity contribution in [1.29, 1.82) is 0 Å². The predicted octanol–water partition coefficient (Wildman–Crippen LogP) is 3.36. The Kier molecular flexibility index (Phi) is 3.26. The highest BCUT2D eigenvalue weighted by atomic mass is 19.1. The molecular formula is C16H21FO3. The number of hydrogen-bond donors (Lipinski definition) is 1. The Bertz CT molecular complexity index is 518. The van der Waals surface area contributed by atoms with Crippen LogP contribution in [-0.2, 0) is 4.74 Å². The van der Waals surface area contributed by atoms with Crippen molar-refractivity contribution < 1.29 is 19.0 Å². The van der Waals surface area contributed by atoms with E-state index in [1.54, 1.807) is 6.07 Å². The van der Waals surface area contributed by atoms with Gasteiger partial charge in [0.05, 0.1) is 18.3 Å². The summed E-state index contributed by atoms with van der Waals surface area (Å²) < 4.78 is 25.3. The van der Waals surface area contributed by atoms with Gasteiger partial charge in [-0.1, -0.05) is 6.92 Å². The molecule has 0 saturated carbocycles. The van der Waals surface area contributed by atoms with Gasteiger partial charge in [0.1, 0.15) is 17.2 Å². The second kappa shape index (κ2) is 4.71. The van der Waals surface area contributed by atoms with E-state index in [0.29, 0.717) is 24.3 Å². The van der Waals surface area contributed by atoms with E-state index < -0.39 is 11.7 Å². The fourth-order valence-electron chi connectivity index (χ4n) is 3.40. The molecule has 4 heteroatoms. The van der Waals surface area contributed by atoms with Gasteiger partial charge in [0, 0.05) is 24.8 Å². The van der Waals surface area contributed by atoms with Crippen molar-refractivity contribution in [3.63, 3.8) is 0 Å². The first-order valence-corrected chi connectivity index (χ1v) is 7.26. The zero-order chi connectivity index (χ0) is 14.4. The lowest BCUT2D eigenvalue weighted by Crippen LogP contribution is -2.52. The number of rotatable bonds is 1. The Labute approximate surface area is 118 Å². The molecular weight excluding hydrogens is 259 g/mol. The van der Waals surface area contributed by atoms with Crippen molar-refractivity contribution >= 4 is 0 Å². The Morgan fingerprint density at radius 1 is 1.45 bits per heavy atom. The minimum Gasteiger partial charge on any atom is -0.487 e. The third kappa shape index (κ3) is 2.31. The predicted molar refractivity (Wildman–Crippen MR) is 73.2 cm³/mol. The molecule has 2 unspecified atom stereocenters. The van der Waals surface area contributed by atoms with Gasteiger partial charge in [0.25, 0.3) is 0 Å². The van der Waals surface area contributed by atoms with E-state index in [4.69, 9.17) is 9.47 Å². The summed E-state index contributed by atoms with van der Waals surface area (Å²) in [7, 11) is 0. The summed E-state index contributed by atoms with van der Waals surface area (Å²) in [5.41, 5.74) is -0.0525. The van der Waals surface area contributed by atoms with Gasteiger partial charge < -0.3 is 14.6 Å². The molecule has 1 spiro atoms. The van der Waals surface area contributed by atoms with E-state index in [0.717, 1.165) is 19.3 Å². The van der Waals surface area contributed by atoms with E-state index >= 15 is 0 Å². The topological polar surface area (TPSA) is 38.7 Å². The number of fused-ring (bicyclic) bond motifs is 1. The maximum Gasteiger partial charge on any atom is 0.126 e. The van der Waals surface area contributed by atoms with Crippen LogP contribution in [-0.4, -0.2) is 22.9 Å². The van der Waals surface area contributed by atoms with Crippen LogP contribution in [0.4, 0.5) is 4.39 Å². The van der Waals surface area contributed by atoms with Gasteiger partial charge in [-0.3, -0.25) is 0 Å². The smallest absolute Gasteiger partial charge is 0.126 e. The number of hydrogen-bond acceptors (Lipinski definition) is 3. The van der Waals surface area contributed by atoms with Crippen molar-refractivity contribution in [2.75, 3.05) is 6.61 Å². The molecule has 2 heterocycles. The van der Waals surface area contributed by atoms with Crippen molar-refractivity contribution in [3.05, 3.63) is 29.6 Å². The van der Waals surface area contributed by atoms with Gasteiger partial charge in [0.15, 0.2) is 0 Å². The quantitative estimate of drug-likeness (QED) is 0.857. The first-order chi connectivity index (χ1) is 9.45. The third-order valence-corrected chi connectivity index (χ3v) is 4.67. The number of ether oxygens (including phenoxy) is 2. The van der Waals surface area contributed by atoms with E-state index in [-0.39, 0.29) is 11.4 Å². The van der Waals surface area contributed by atoms with Crippen LogP contribution < -0.4 is 4.74 Å². The van der Waals surface area contributed by atoms with Gasteiger partial charge in [-0.2, -0.15) is 0 Å². The van der Waals surface area contributed by atoms with Crippen LogP contribution in [0, 0.1) is 5.82 Å². The summed E-state index contributed by atoms with van der Waals surface area (Å²) in [5, 5.41) is 10.4. The minimum atomic E-state index is -0.673. The number of aliphatic hydroxyl groups is 1. The molecule has 110 valence electrons. The second-order valence-electron chi connectivity index (χ2n) is 6.27. The highest BCUT2D eigenvalue weighted by Gasteiger charge is 2.48. The molecule has 0 aromatic heterocycles. The van der Waals surface area contributed by atoms with E-state index in [1.807, 2.05) is 0 Å². The lowest BCUT2D eigenvalue weighted by molar-refractivity contribution is -0.160. The lowest BCUT2D eigenvalue weighted by atomic mass is 9.76. The van der Waals surface area contributed by atoms with Crippen LogP contribution >= 0.6 is 0 Å². The monoisotopic (exact) mass is 280 g/mol. The van der Waals surface area contributed by atoms with Gasteiger partial charge >= 0.3 is 0 Å². The van der Waals surface area contributed by atoms with Crippen molar-refractivity contribution in [2.24, 2.45) is 0 Å². The zero-order valence-electron chi connectivity index (χ0n) is 12.0. The Morgan fingerprint density at radius 3 is 3.00 bits per heavy atom. The van der Waals surface area contributed by atoms with E-state index in [1.165, 1.54) is 12.1 Å². The van der Waals surface area contributed by atoms with E-state index in [9.17, 15) is 9.50 Å². The molecule has 0 amide bonds. The average Bonchev–Trinajstić information content (AvgIpc) is 2.40. The van der Waals surface area contributed by atoms with E-state index in [2.05, 4.69) is 13.8 Å². The molecule has 0 aliphatic carbocycles. The third-order valence-electron chi connectivity index (χ3n) is 4.67. The number of halogens is 1. The molecule has 1 saturated heterocycles. The maximum atomic E-state index is 13.3. The SMILES string of the molecule is CCC1(C)CC2(CCO1)C[C@H](O)c1cc(F)ccc1O2. The lowest BCUT2D eigenvalue weighted by Gasteiger charge is -2.49. The van der Waals surface area contributed by atoms with Crippen LogP contribution in [0.5, 0.6) is 5.75 Å². The average molecular weight is 280 g/mol. The molecule has 3 nitrogen and oxygen atoms in total. The standard InChI is InChI=1S/C16H21FO3/c1-3-15(2)10-16(6-7-19-15)9-13(18)12-8-11(17)4-5-14(12)20-16/h4-5,8,13,18H,3,6-7,9-10H2,1-2H3/t13-,15?,16?/m0/s1. The van der Waals surface area contributed by atoms with Crippen molar-refractivity contribution in [2.45, 2.75) is 56.8 Å². The van der Waals surface area contributed by atoms with Crippen LogP contribution in [0.15, 0.2) is 18.2 Å². The Morgan fingerprint density at radius 2 is 2.25 bits per heavy atom. The zero-order valence-corrected chi connectivity index (χ0v) is 12.0. The van der Waals surface area contributed by atoms with Crippen molar-refractivity contribution in [1.82, 2.24) is 0 Å². The summed E-state index contributed by atoms with van der Waals surface area (Å²) in [6, 6.07) is 4.36. The first-order valence-electron chi connectivity index (χ1n) is 7.26. The normalized spacial score (nSPS) is 36.5. The number of benzene rings is 1. The van der Waals surface area contributed by atoms with Crippen LogP contribution in [0.1, 0.15) is 51.2 Å². The maximum absolute atomic E-state index is 13.3. The van der Waals surface area contributed by atoms with Gasteiger partial charge in [-0.15, -0.1) is 0 Å². The Balaban J connectivity index is 1.92. The summed E-state index contributed by atoms with van der Waals surface area (Å²) >= 11 is 0. The van der Waals surface area contributed by atoms with Crippen LogP contribution in [0.25, 0.3) is 0 Å². The molecule has 0 radical (unpaired) electrons. The first kappa shape index (κ1) is 13.8. The molecule has 2 aliphatic rings. The molecule has 3 rings (SSSR count). The molecule has 20 heavy (non-hydrogen) atoms. The molecule has 1 aromatic rings. The molecule has 3 atom stereocenters. The Hall–Kier alpha value is -1.13. The molecule has 0 bridgehead atoms. The fourth-order valence-corrected chi connectivity index (χ4v) is 3.40. The van der Waals surface area contributed by atoms with Gasteiger partial charge in [-0.05, 0) is 31.5 Å². The second-order valence-corrected chi connectivity index (χ2v) is 6.27. The highest BCUT2D eigenvalue weighted by molar-refractivity contribution is 5.38. The summed E-state index contributed by atoms with van der Waals surface area (Å²) in [6.07, 6.45) is 2.25.